The number of hydrogen-bond donors (Lipinski definition) is 0. The van der Waals surface area contributed by atoms with Crippen LogP contribution in [0.5, 0.6) is 0 Å². The number of rotatable bonds is 3. The predicted octanol–water partition coefficient (Wildman–Crippen LogP) is 5.58. The third-order valence-electron chi connectivity index (χ3n) is 5.54. The minimum absolute atomic E-state index is 0.0354. The van der Waals surface area contributed by atoms with Crippen LogP contribution in [0.4, 0.5) is 8.78 Å². The third kappa shape index (κ3) is 4.12. The molecular formula is C19H28F2O2Si. The summed E-state index contributed by atoms with van der Waals surface area (Å²) in [5, 5.41) is 0.0354. The molecule has 0 saturated heterocycles. The maximum atomic E-state index is 14.1. The molecule has 0 spiro atoms. The molecule has 5 heteroatoms. The van der Waals surface area contributed by atoms with Crippen molar-refractivity contribution < 1.29 is 18.0 Å². The van der Waals surface area contributed by atoms with E-state index in [1.54, 1.807) is 6.07 Å². The van der Waals surface area contributed by atoms with Crippen LogP contribution in [0, 0.1) is 11.6 Å². The van der Waals surface area contributed by atoms with E-state index in [0.717, 1.165) is 6.07 Å². The Bertz CT molecular complexity index is 608. The van der Waals surface area contributed by atoms with Crippen LogP contribution < -0.4 is 0 Å². The van der Waals surface area contributed by atoms with Crippen molar-refractivity contribution >= 4 is 14.1 Å². The van der Waals surface area contributed by atoms with E-state index in [2.05, 4.69) is 33.9 Å². The summed E-state index contributed by atoms with van der Waals surface area (Å²) in [6, 6.07) is 4.29. The first kappa shape index (κ1) is 19.3. The molecule has 0 unspecified atom stereocenters. The average molecular weight is 355 g/mol. The lowest BCUT2D eigenvalue weighted by Crippen LogP contribution is -2.45. The van der Waals surface area contributed by atoms with Crippen molar-refractivity contribution in [2.75, 3.05) is 0 Å². The second-order valence-corrected chi connectivity index (χ2v) is 13.0. The molecule has 0 bridgehead atoms. The van der Waals surface area contributed by atoms with Gasteiger partial charge in [0.15, 0.2) is 25.7 Å². The summed E-state index contributed by atoms with van der Waals surface area (Å²) in [6.45, 7) is 10.7. The minimum Gasteiger partial charge on any atom is -0.407 e. The highest BCUT2D eigenvalue weighted by atomic mass is 28.4. The number of halogens is 2. The van der Waals surface area contributed by atoms with Crippen LogP contribution in [0.15, 0.2) is 18.2 Å². The molecule has 24 heavy (non-hydrogen) atoms. The van der Waals surface area contributed by atoms with E-state index in [0.29, 0.717) is 31.2 Å². The standard InChI is InChI=1S/C19H28F2O2Si/c1-19(2,3)24(4,5)23-17-12-10-13(9-11-16(17)22)14-7-6-8-15(20)18(14)21/h6-8,13,17H,9-12H2,1-5H3/t13-,17-/m0/s1. The second kappa shape index (κ2) is 7.04. The van der Waals surface area contributed by atoms with Gasteiger partial charge in [0.2, 0.25) is 0 Å². The summed E-state index contributed by atoms with van der Waals surface area (Å²) < 4.78 is 33.8. The van der Waals surface area contributed by atoms with Crippen molar-refractivity contribution in [2.45, 2.75) is 76.6 Å². The highest BCUT2D eigenvalue weighted by Crippen LogP contribution is 2.40. The summed E-state index contributed by atoms with van der Waals surface area (Å²) in [5.74, 6) is -1.63. The average Bonchev–Trinajstić information content (AvgIpc) is 2.64. The van der Waals surface area contributed by atoms with Gasteiger partial charge < -0.3 is 4.43 Å². The van der Waals surface area contributed by atoms with E-state index in [1.165, 1.54) is 6.07 Å². The Morgan fingerprint density at radius 1 is 1.12 bits per heavy atom. The van der Waals surface area contributed by atoms with E-state index in [-0.39, 0.29) is 16.7 Å². The summed E-state index contributed by atoms with van der Waals surface area (Å²) in [4.78, 5) is 12.5. The zero-order valence-electron chi connectivity index (χ0n) is 15.3. The fourth-order valence-electron chi connectivity index (χ4n) is 2.94. The van der Waals surface area contributed by atoms with Gasteiger partial charge in [-0.25, -0.2) is 8.78 Å². The van der Waals surface area contributed by atoms with Crippen molar-refractivity contribution in [3.8, 4) is 0 Å². The number of ketones is 1. The lowest BCUT2D eigenvalue weighted by atomic mass is 9.91. The van der Waals surface area contributed by atoms with Gasteiger partial charge in [0.25, 0.3) is 0 Å². The maximum absolute atomic E-state index is 14.1. The van der Waals surface area contributed by atoms with E-state index in [4.69, 9.17) is 4.43 Å². The van der Waals surface area contributed by atoms with Crippen molar-refractivity contribution in [3.05, 3.63) is 35.4 Å². The van der Waals surface area contributed by atoms with Crippen LogP contribution in [0.1, 0.15) is 57.9 Å². The Morgan fingerprint density at radius 2 is 1.79 bits per heavy atom. The summed E-state index contributed by atoms with van der Waals surface area (Å²) in [5.41, 5.74) is 0.385. The minimum atomic E-state index is -2.03. The molecule has 0 amide bonds. The molecule has 0 N–H and O–H groups in total. The van der Waals surface area contributed by atoms with E-state index < -0.39 is 26.1 Å². The quantitative estimate of drug-likeness (QED) is 0.523. The molecular weight excluding hydrogens is 326 g/mol. The van der Waals surface area contributed by atoms with Gasteiger partial charge >= 0.3 is 0 Å². The zero-order chi connectivity index (χ0) is 18.1. The summed E-state index contributed by atoms with van der Waals surface area (Å²) in [7, 11) is -2.03. The first-order valence-electron chi connectivity index (χ1n) is 8.67. The molecule has 1 aromatic rings. The van der Waals surface area contributed by atoms with Gasteiger partial charge in [-0.15, -0.1) is 0 Å². The number of Topliss-reactive ketones (excluding diaryl/α,β-unsaturated/α-hetero) is 1. The Hall–Kier alpha value is -1.07. The molecule has 1 aliphatic carbocycles. The molecule has 0 radical (unpaired) electrons. The van der Waals surface area contributed by atoms with Gasteiger partial charge in [-0.05, 0) is 54.9 Å². The smallest absolute Gasteiger partial charge is 0.193 e. The first-order chi connectivity index (χ1) is 11.0. The fraction of sp³-hybridized carbons (Fsp3) is 0.632. The van der Waals surface area contributed by atoms with Gasteiger partial charge in [-0.2, -0.15) is 0 Å². The predicted molar refractivity (Wildman–Crippen MR) is 94.6 cm³/mol. The lowest BCUT2D eigenvalue weighted by Gasteiger charge is -2.38. The summed E-state index contributed by atoms with van der Waals surface area (Å²) >= 11 is 0. The van der Waals surface area contributed by atoms with Crippen LogP contribution in [-0.4, -0.2) is 20.2 Å². The van der Waals surface area contributed by atoms with Crippen LogP contribution in [-0.2, 0) is 9.22 Å². The Labute approximate surface area is 144 Å². The monoisotopic (exact) mass is 354 g/mol. The molecule has 1 aliphatic rings. The molecule has 0 heterocycles. The highest BCUT2D eigenvalue weighted by molar-refractivity contribution is 6.74. The Balaban J connectivity index is 2.14. The van der Waals surface area contributed by atoms with E-state index >= 15 is 0 Å². The van der Waals surface area contributed by atoms with Crippen molar-refractivity contribution in [1.82, 2.24) is 0 Å². The topological polar surface area (TPSA) is 26.3 Å². The molecule has 2 nitrogen and oxygen atoms in total. The number of carbonyl (C=O) groups is 1. The van der Waals surface area contributed by atoms with Gasteiger partial charge in [-0.3, -0.25) is 4.79 Å². The zero-order valence-corrected chi connectivity index (χ0v) is 16.3. The van der Waals surface area contributed by atoms with Crippen LogP contribution >= 0.6 is 0 Å². The van der Waals surface area contributed by atoms with Crippen molar-refractivity contribution in [1.29, 1.82) is 0 Å². The number of hydrogen-bond acceptors (Lipinski definition) is 2. The second-order valence-electron chi connectivity index (χ2n) is 8.29. The summed E-state index contributed by atoms with van der Waals surface area (Å²) in [6.07, 6.45) is 1.72. The Morgan fingerprint density at radius 3 is 2.42 bits per heavy atom. The van der Waals surface area contributed by atoms with E-state index in [9.17, 15) is 13.6 Å². The molecule has 0 aliphatic heterocycles. The molecule has 0 aromatic heterocycles. The van der Waals surface area contributed by atoms with Gasteiger partial charge in [0.1, 0.15) is 6.10 Å². The molecule has 134 valence electrons. The molecule has 2 rings (SSSR count). The molecule has 1 saturated carbocycles. The van der Waals surface area contributed by atoms with E-state index in [1.807, 2.05) is 0 Å². The van der Waals surface area contributed by atoms with Crippen LogP contribution in [0.25, 0.3) is 0 Å². The van der Waals surface area contributed by atoms with Crippen LogP contribution in [0.3, 0.4) is 0 Å². The van der Waals surface area contributed by atoms with Crippen molar-refractivity contribution in [3.63, 3.8) is 0 Å². The largest absolute Gasteiger partial charge is 0.407 e. The molecule has 1 fully saturated rings. The number of carbonyl (C=O) groups excluding carboxylic acids is 1. The highest BCUT2D eigenvalue weighted by Gasteiger charge is 2.41. The molecule has 1 aromatic carbocycles. The van der Waals surface area contributed by atoms with Gasteiger partial charge in [0, 0.05) is 6.42 Å². The molecule has 2 atom stereocenters. The van der Waals surface area contributed by atoms with Crippen LogP contribution in [0.2, 0.25) is 18.1 Å². The fourth-order valence-corrected chi connectivity index (χ4v) is 4.25. The van der Waals surface area contributed by atoms with Gasteiger partial charge in [0.05, 0.1) is 0 Å². The Kier molecular flexibility index (Phi) is 5.65. The SMILES string of the molecule is CC(C)(C)[Si](C)(C)O[C@H]1CC[C@@H](c2cccc(F)c2F)CCC1=O. The van der Waals surface area contributed by atoms with Gasteiger partial charge in [-0.1, -0.05) is 32.9 Å². The van der Waals surface area contributed by atoms with Crippen molar-refractivity contribution in [2.24, 2.45) is 0 Å². The first-order valence-corrected chi connectivity index (χ1v) is 11.6. The number of benzene rings is 1. The lowest BCUT2D eigenvalue weighted by molar-refractivity contribution is -0.126. The normalized spacial score (nSPS) is 23.2. The third-order valence-corrected chi connectivity index (χ3v) is 10.0. The maximum Gasteiger partial charge on any atom is 0.193 e.